The van der Waals surface area contributed by atoms with E-state index >= 15 is 0 Å². The van der Waals surface area contributed by atoms with Crippen LogP contribution < -0.4 is 5.32 Å². The van der Waals surface area contributed by atoms with Gasteiger partial charge in [0.25, 0.3) is 0 Å². The third-order valence-electron chi connectivity index (χ3n) is 3.80. The molecule has 1 aliphatic rings. The fraction of sp³-hybridized carbons (Fsp3) is 1.00. The minimum atomic E-state index is 0.537. The van der Waals surface area contributed by atoms with Crippen LogP contribution in [-0.2, 0) is 4.74 Å². The number of hydrogen-bond acceptors (Lipinski definition) is 2. The van der Waals surface area contributed by atoms with Gasteiger partial charge in [-0.1, -0.05) is 47.0 Å². The first-order chi connectivity index (χ1) is 8.11. The molecule has 17 heavy (non-hydrogen) atoms. The molecule has 1 rings (SSSR count). The van der Waals surface area contributed by atoms with Gasteiger partial charge in [0, 0.05) is 12.6 Å². The van der Waals surface area contributed by atoms with Gasteiger partial charge in [-0.2, -0.15) is 0 Å². The van der Waals surface area contributed by atoms with Gasteiger partial charge < -0.3 is 10.1 Å². The van der Waals surface area contributed by atoms with Crippen molar-refractivity contribution in [2.45, 2.75) is 71.9 Å². The SMILES string of the molecule is CCC1CCCC(OCC(C)CNC(C)C)C1. The van der Waals surface area contributed by atoms with E-state index in [4.69, 9.17) is 4.74 Å². The van der Waals surface area contributed by atoms with Gasteiger partial charge in [-0.05, 0) is 24.7 Å². The van der Waals surface area contributed by atoms with Crippen LogP contribution in [0.5, 0.6) is 0 Å². The molecule has 3 unspecified atom stereocenters. The summed E-state index contributed by atoms with van der Waals surface area (Å²) in [6, 6.07) is 0.580. The lowest BCUT2D eigenvalue weighted by molar-refractivity contribution is -0.00309. The van der Waals surface area contributed by atoms with E-state index < -0.39 is 0 Å². The molecule has 1 aliphatic carbocycles. The van der Waals surface area contributed by atoms with Crippen LogP contribution in [0.2, 0.25) is 0 Å². The monoisotopic (exact) mass is 241 g/mol. The highest BCUT2D eigenvalue weighted by molar-refractivity contribution is 4.73. The Morgan fingerprint density at radius 1 is 1.24 bits per heavy atom. The first-order valence-electron chi connectivity index (χ1n) is 7.46. The van der Waals surface area contributed by atoms with Crippen molar-refractivity contribution in [2.24, 2.45) is 11.8 Å². The molecule has 1 saturated carbocycles. The van der Waals surface area contributed by atoms with Gasteiger partial charge in [0.1, 0.15) is 0 Å². The number of ether oxygens (including phenoxy) is 1. The van der Waals surface area contributed by atoms with E-state index in [2.05, 4.69) is 33.0 Å². The van der Waals surface area contributed by atoms with Crippen molar-refractivity contribution in [3.05, 3.63) is 0 Å². The van der Waals surface area contributed by atoms with Crippen LogP contribution in [0, 0.1) is 11.8 Å². The molecule has 2 nitrogen and oxygen atoms in total. The average Bonchev–Trinajstić information content (AvgIpc) is 2.34. The molecule has 1 N–H and O–H groups in total. The van der Waals surface area contributed by atoms with E-state index in [0.717, 1.165) is 19.1 Å². The minimum Gasteiger partial charge on any atom is -0.378 e. The molecule has 0 bridgehead atoms. The van der Waals surface area contributed by atoms with Gasteiger partial charge in [-0.15, -0.1) is 0 Å². The molecule has 0 aromatic heterocycles. The molecular weight excluding hydrogens is 210 g/mol. The van der Waals surface area contributed by atoms with Gasteiger partial charge in [0.15, 0.2) is 0 Å². The van der Waals surface area contributed by atoms with E-state index in [9.17, 15) is 0 Å². The number of nitrogens with one attached hydrogen (secondary N) is 1. The Bertz CT molecular complexity index is 193. The average molecular weight is 241 g/mol. The third kappa shape index (κ3) is 6.42. The summed E-state index contributed by atoms with van der Waals surface area (Å²) in [6.45, 7) is 11.0. The highest BCUT2D eigenvalue weighted by Gasteiger charge is 2.21. The van der Waals surface area contributed by atoms with Crippen LogP contribution in [0.1, 0.15) is 59.8 Å². The Balaban J connectivity index is 2.12. The molecule has 0 amide bonds. The zero-order chi connectivity index (χ0) is 12.7. The van der Waals surface area contributed by atoms with Crippen molar-refractivity contribution in [1.29, 1.82) is 0 Å². The second-order valence-corrected chi connectivity index (χ2v) is 6.06. The molecule has 1 fully saturated rings. The largest absolute Gasteiger partial charge is 0.378 e. The van der Waals surface area contributed by atoms with Crippen LogP contribution >= 0.6 is 0 Å². The first-order valence-corrected chi connectivity index (χ1v) is 7.46. The molecule has 0 spiro atoms. The lowest BCUT2D eigenvalue weighted by Gasteiger charge is -2.29. The summed E-state index contributed by atoms with van der Waals surface area (Å²) in [5.74, 6) is 1.54. The molecule has 0 aromatic carbocycles. The van der Waals surface area contributed by atoms with Crippen molar-refractivity contribution in [2.75, 3.05) is 13.2 Å². The van der Waals surface area contributed by atoms with Crippen LogP contribution in [0.3, 0.4) is 0 Å². The molecule has 3 atom stereocenters. The minimum absolute atomic E-state index is 0.537. The van der Waals surface area contributed by atoms with Gasteiger partial charge in [-0.25, -0.2) is 0 Å². The Kier molecular flexibility index (Phi) is 7.14. The zero-order valence-electron chi connectivity index (χ0n) is 12.2. The molecule has 0 heterocycles. The Labute approximate surface area is 108 Å². The molecule has 0 aromatic rings. The molecule has 0 aliphatic heterocycles. The first kappa shape index (κ1) is 15.0. The van der Waals surface area contributed by atoms with Crippen molar-refractivity contribution < 1.29 is 4.74 Å². The predicted molar refractivity (Wildman–Crippen MR) is 74.3 cm³/mol. The molecule has 0 saturated heterocycles. The van der Waals surface area contributed by atoms with Gasteiger partial charge in [0.2, 0.25) is 0 Å². The fourth-order valence-electron chi connectivity index (χ4n) is 2.56. The summed E-state index contributed by atoms with van der Waals surface area (Å²) in [5.41, 5.74) is 0. The molecule has 2 heteroatoms. The summed E-state index contributed by atoms with van der Waals surface area (Å²) in [6.07, 6.45) is 7.21. The topological polar surface area (TPSA) is 21.3 Å². The summed E-state index contributed by atoms with van der Waals surface area (Å²) in [4.78, 5) is 0. The Morgan fingerprint density at radius 2 is 2.00 bits per heavy atom. The number of hydrogen-bond donors (Lipinski definition) is 1. The lowest BCUT2D eigenvalue weighted by atomic mass is 9.85. The highest BCUT2D eigenvalue weighted by Crippen LogP contribution is 2.28. The van der Waals surface area contributed by atoms with Crippen LogP contribution in [0.25, 0.3) is 0 Å². The van der Waals surface area contributed by atoms with Gasteiger partial charge in [-0.3, -0.25) is 0 Å². The molecule has 0 radical (unpaired) electrons. The maximum absolute atomic E-state index is 6.07. The lowest BCUT2D eigenvalue weighted by Crippen LogP contribution is -2.31. The third-order valence-corrected chi connectivity index (χ3v) is 3.80. The maximum Gasteiger partial charge on any atom is 0.0578 e. The number of rotatable bonds is 7. The van der Waals surface area contributed by atoms with E-state index in [-0.39, 0.29) is 0 Å². The second kappa shape index (κ2) is 8.10. The maximum atomic E-state index is 6.07. The van der Waals surface area contributed by atoms with Crippen LogP contribution in [0.15, 0.2) is 0 Å². The smallest absolute Gasteiger partial charge is 0.0578 e. The summed E-state index contributed by atoms with van der Waals surface area (Å²) >= 11 is 0. The van der Waals surface area contributed by atoms with Crippen molar-refractivity contribution in [3.8, 4) is 0 Å². The van der Waals surface area contributed by atoms with Gasteiger partial charge in [0.05, 0.1) is 12.7 Å². The molecule has 102 valence electrons. The van der Waals surface area contributed by atoms with E-state index in [1.165, 1.54) is 32.1 Å². The standard InChI is InChI=1S/C15H31NO/c1-5-14-7-6-8-15(9-14)17-11-13(4)10-16-12(2)3/h12-16H,5-11H2,1-4H3. The van der Waals surface area contributed by atoms with Crippen LogP contribution in [-0.4, -0.2) is 25.3 Å². The van der Waals surface area contributed by atoms with Gasteiger partial charge >= 0.3 is 0 Å². The Morgan fingerprint density at radius 3 is 2.65 bits per heavy atom. The van der Waals surface area contributed by atoms with Crippen molar-refractivity contribution in [1.82, 2.24) is 5.32 Å². The molecular formula is C15H31NO. The zero-order valence-corrected chi connectivity index (χ0v) is 12.2. The van der Waals surface area contributed by atoms with Crippen molar-refractivity contribution in [3.63, 3.8) is 0 Å². The summed E-state index contributed by atoms with van der Waals surface area (Å²) in [5, 5.41) is 3.47. The highest BCUT2D eigenvalue weighted by atomic mass is 16.5. The normalized spacial score (nSPS) is 27.4. The summed E-state index contributed by atoms with van der Waals surface area (Å²) < 4.78 is 6.07. The quantitative estimate of drug-likeness (QED) is 0.735. The van der Waals surface area contributed by atoms with E-state index in [1.807, 2.05) is 0 Å². The van der Waals surface area contributed by atoms with Crippen molar-refractivity contribution >= 4 is 0 Å². The van der Waals surface area contributed by atoms with E-state index in [0.29, 0.717) is 18.1 Å². The Hall–Kier alpha value is -0.0800. The summed E-state index contributed by atoms with van der Waals surface area (Å²) in [7, 11) is 0. The van der Waals surface area contributed by atoms with E-state index in [1.54, 1.807) is 0 Å². The fourth-order valence-corrected chi connectivity index (χ4v) is 2.56. The second-order valence-electron chi connectivity index (χ2n) is 6.06. The van der Waals surface area contributed by atoms with Crippen LogP contribution in [0.4, 0.5) is 0 Å². The predicted octanol–water partition coefficient (Wildman–Crippen LogP) is 3.61.